The summed E-state index contributed by atoms with van der Waals surface area (Å²) in [7, 11) is 0. The SMILES string of the molecule is C#CCOc1ccccc1/C=C1\C(=O)NC(=O)N(c2cc3c4c(c2)[C@H](c2ccccc2)CCN4CC[C@@H]3c2ccccc2)C1=O. The van der Waals surface area contributed by atoms with Crippen LogP contribution >= 0.6 is 0 Å². The Kier molecular flexibility index (Phi) is 7.40. The Morgan fingerprint density at radius 1 is 0.822 bits per heavy atom. The largest absolute Gasteiger partial charge is 0.480 e. The van der Waals surface area contributed by atoms with E-state index in [1.807, 2.05) is 48.5 Å². The molecule has 0 aromatic heterocycles. The zero-order chi connectivity index (χ0) is 30.9. The molecule has 3 aliphatic heterocycles. The summed E-state index contributed by atoms with van der Waals surface area (Å²) in [6, 6.07) is 30.9. The van der Waals surface area contributed by atoms with Gasteiger partial charge >= 0.3 is 6.03 Å². The molecule has 1 fully saturated rings. The fourth-order valence-electron chi connectivity index (χ4n) is 6.87. The van der Waals surface area contributed by atoms with Gasteiger partial charge in [-0.1, -0.05) is 84.8 Å². The van der Waals surface area contributed by atoms with Crippen LogP contribution in [0.1, 0.15) is 52.5 Å². The van der Waals surface area contributed by atoms with Crippen molar-refractivity contribution in [1.29, 1.82) is 0 Å². The number of imide groups is 2. The summed E-state index contributed by atoms with van der Waals surface area (Å²) in [6.07, 6.45) is 8.65. The van der Waals surface area contributed by atoms with Crippen molar-refractivity contribution in [2.24, 2.45) is 0 Å². The number of terminal acetylenes is 1. The molecule has 0 aliphatic carbocycles. The molecule has 0 bridgehead atoms. The Hall–Kier alpha value is -5.61. The second-order valence-electron chi connectivity index (χ2n) is 11.5. The highest BCUT2D eigenvalue weighted by molar-refractivity contribution is 6.39. The van der Waals surface area contributed by atoms with Crippen LogP contribution in [-0.4, -0.2) is 37.5 Å². The van der Waals surface area contributed by atoms with Crippen LogP contribution in [0.15, 0.2) is 103 Å². The third-order valence-electron chi connectivity index (χ3n) is 8.89. The predicted octanol–water partition coefficient (Wildman–Crippen LogP) is 6.24. The van der Waals surface area contributed by atoms with Crippen molar-refractivity contribution in [1.82, 2.24) is 5.32 Å². The van der Waals surface area contributed by atoms with E-state index in [2.05, 4.69) is 40.4 Å². The summed E-state index contributed by atoms with van der Waals surface area (Å²) in [5.41, 5.74) is 6.48. The van der Waals surface area contributed by atoms with Gasteiger partial charge in [0.2, 0.25) is 0 Å². The number of hydrogen-bond donors (Lipinski definition) is 1. The minimum absolute atomic E-state index is 0.0328. The number of urea groups is 1. The van der Waals surface area contributed by atoms with E-state index < -0.39 is 17.8 Å². The van der Waals surface area contributed by atoms with Crippen molar-refractivity contribution in [3.63, 3.8) is 0 Å². The van der Waals surface area contributed by atoms with E-state index in [4.69, 9.17) is 11.2 Å². The lowest BCUT2D eigenvalue weighted by atomic mass is 9.76. The van der Waals surface area contributed by atoms with Gasteiger partial charge in [0.05, 0.1) is 5.69 Å². The quantitative estimate of drug-likeness (QED) is 0.163. The number of anilines is 2. The first kappa shape index (κ1) is 28.2. The van der Waals surface area contributed by atoms with Gasteiger partial charge in [-0.3, -0.25) is 14.9 Å². The molecule has 0 saturated carbocycles. The molecular formula is C38H31N3O4. The number of carbonyl (C=O) groups is 3. The Morgan fingerprint density at radius 3 is 2.00 bits per heavy atom. The molecule has 45 heavy (non-hydrogen) atoms. The first-order valence-electron chi connectivity index (χ1n) is 15.1. The van der Waals surface area contributed by atoms with E-state index in [0.717, 1.165) is 42.0 Å². The minimum Gasteiger partial charge on any atom is -0.480 e. The number of hydrogen-bond acceptors (Lipinski definition) is 5. The molecule has 1 saturated heterocycles. The maximum Gasteiger partial charge on any atom is 0.335 e. The average molecular weight is 594 g/mol. The third-order valence-corrected chi connectivity index (χ3v) is 8.89. The minimum atomic E-state index is -0.776. The lowest BCUT2D eigenvalue weighted by Crippen LogP contribution is -2.54. The third kappa shape index (κ3) is 5.15. The molecule has 2 atom stereocenters. The van der Waals surface area contributed by atoms with Gasteiger partial charge in [-0.2, -0.15) is 0 Å². The average Bonchev–Trinajstić information content (AvgIpc) is 3.07. The summed E-state index contributed by atoms with van der Waals surface area (Å²) in [4.78, 5) is 44.2. The van der Waals surface area contributed by atoms with Crippen LogP contribution in [-0.2, 0) is 9.59 Å². The maximum atomic E-state index is 14.1. The number of barbiturate groups is 1. The van der Waals surface area contributed by atoms with Crippen LogP contribution in [0.3, 0.4) is 0 Å². The van der Waals surface area contributed by atoms with Gasteiger partial charge in [0, 0.05) is 36.2 Å². The van der Waals surface area contributed by atoms with Gasteiger partial charge in [0.15, 0.2) is 0 Å². The first-order valence-corrected chi connectivity index (χ1v) is 15.1. The topological polar surface area (TPSA) is 79.0 Å². The maximum absolute atomic E-state index is 14.1. The van der Waals surface area contributed by atoms with Crippen LogP contribution in [0.25, 0.3) is 6.08 Å². The summed E-state index contributed by atoms with van der Waals surface area (Å²) >= 11 is 0. The van der Waals surface area contributed by atoms with Crippen LogP contribution in [0.4, 0.5) is 16.2 Å². The monoisotopic (exact) mass is 593 g/mol. The number of rotatable bonds is 6. The molecular weight excluding hydrogens is 562 g/mol. The van der Waals surface area contributed by atoms with Gasteiger partial charge < -0.3 is 9.64 Å². The number of nitrogens with zero attached hydrogens (tertiary/aromatic N) is 2. The Morgan fingerprint density at radius 2 is 1.40 bits per heavy atom. The highest BCUT2D eigenvalue weighted by Gasteiger charge is 2.40. The van der Waals surface area contributed by atoms with Crippen LogP contribution < -0.4 is 19.9 Å². The standard InChI is InChI=1S/C38H31N3O4/c1-2-21-45-34-16-10-9-15-27(34)22-33-36(42)39-38(44)41(37(33)43)28-23-31-29(25-11-5-3-6-12-25)17-19-40-20-18-30(32(24-28)35(31)40)26-13-7-4-8-14-26/h1,3-16,22-24,29-30H,17-21H2,(H,39,42,44)/b33-22+/t29-,30+. The molecule has 3 aliphatic rings. The van der Waals surface area contributed by atoms with Crippen molar-refractivity contribution in [2.45, 2.75) is 24.7 Å². The molecule has 7 nitrogen and oxygen atoms in total. The number of ether oxygens (including phenoxy) is 1. The second kappa shape index (κ2) is 11.8. The normalized spacial score (nSPS) is 20.0. The van der Waals surface area contributed by atoms with Crippen LogP contribution in [0.5, 0.6) is 5.75 Å². The fourth-order valence-corrected chi connectivity index (χ4v) is 6.87. The van der Waals surface area contributed by atoms with E-state index in [1.165, 1.54) is 22.9 Å². The summed E-state index contributed by atoms with van der Waals surface area (Å²) in [5, 5.41) is 2.39. The zero-order valence-corrected chi connectivity index (χ0v) is 24.6. The van der Waals surface area contributed by atoms with Crippen molar-refractivity contribution in [3.8, 4) is 18.1 Å². The molecule has 0 radical (unpaired) electrons. The lowest BCUT2D eigenvalue weighted by Gasteiger charge is -2.44. The Bertz CT molecular complexity index is 1800. The summed E-state index contributed by atoms with van der Waals surface area (Å²) in [5.74, 6) is 1.58. The number of amides is 4. The smallest absolute Gasteiger partial charge is 0.335 e. The lowest BCUT2D eigenvalue weighted by molar-refractivity contribution is -0.122. The van der Waals surface area contributed by atoms with E-state index >= 15 is 0 Å². The molecule has 4 aromatic carbocycles. The zero-order valence-electron chi connectivity index (χ0n) is 24.6. The Balaban J connectivity index is 1.37. The number of nitrogens with one attached hydrogen (secondary N) is 1. The fraction of sp³-hybridized carbons (Fsp3) is 0.184. The van der Waals surface area contributed by atoms with Crippen molar-refractivity contribution in [3.05, 3.63) is 130 Å². The van der Waals surface area contributed by atoms with E-state index in [1.54, 1.807) is 24.3 Å². The highest BCUT2D eigenvalue weighted by atomic mass is 16.5. The van der Waals surface area contributed by atoms with Crippen molar-refractivity contribution in [2.75, 3.05) is 29.5 Å². The molecule has 4 amide bonds. The molecule has 0 spiro atoms. The number of para-hydroxylation sites is 1. The predicted molar refractivity (Wildman–Crippen MR) is 174 cm³/mol. The van der Waals surface area contributed by atoms with Crippen molar-refractivity contribution >= 4 is 35.3 Å². The second-order valence-corrected chi connectivity index (χ2v) is 11.5. The highest BCUT2D eigenvalue weighted by Crippen LogP contribution is 2.50. The van der Waals surface area contributed by atoms with E-state index in [-0.39, 0.29) is 24.0 Å². The van der Waals surface area contributed by atoms with Gasteiger partial charge in [0.1, 0.15) is 17.9 Å². The summed E-state index contributed by atoms with van der Waals surface area (Å²) < 4.78 is 5.64. The van der Waals surface area contributed by atoms with Gasteiger partial charge in [-0.25, -0.2) is 9.69 Å². The van der Waals surface area contributed by atoms with E-state index in [9.17, 15) is 14.4 Å². The molecule has 3 heterocycles. The molecule has 0 unspecified atom stereocenters. The van der Waals surface area contributed by atoms with Gasteiger partial charge in [0.25, 0.3) is 11.8 Å². The van der Waals surface area contributed by atoms with Crippen LogP contribution in [0, 0.1) is 12.3 Å². The molecule has 222 valence electrons. The molecule has 7 heteroatoms. The number of benzene rings is 4. The molecule has 4 aromatic rings. The Labute approximate surface area is 262 Å². The first-order chi connectivity index (χ1) is 22.0. The van der Waals surface area contributed by atoms with E-state index in [0.29, 0.717) is 17.0 Å². The summed E-state index contributed by atoms with van der Waals surface area (Å²) in [6.45, 7) is 1.88. The van der Waals surface area contributed by atoms with Crippen molar-refractivity contribution < 1.29 is 19.1 Å². The van der Waals surface area contributed by atoms with Gasteiger partial charge in [-0.05, 0) is 59.4 Å². The van der Waals surface area contributed by atoms with Gasteiger partial charge in [-0.15, -0.1) is 6.42 Å². The molecule has 1 N–H and O–H groups in total. The van der Waals surface area contributed by atoms with Crippen LogP contribution in [0.2, 0.25) is 0 Å². The molecule has 7 rings (SSSR count). The number of carbonyl (C=O) groups excluding carboxylic acids is 3.